The maximum atomic E-state index is 14.3. The first-order valence-corrected chi connectivity index (χ1v) is 17.0. The molecule has 0 aliphatic carbocycles. The second-order valence-corrected chi connectivity index (χ2v) is 13.8. The highest BCUT2D eigenvalue weighted by Gasteiger charge is 2.35. The van der Waals surface area contributed by atoms with E-state index in [2.05, 4.69) is 38.5 Å². The number of benzene rings is 3. The molecule has 0 unspecified atom stereocenters. The Bertz CT molecular complexity index is 1930. The number of rotatable bonds is 9. The zero-order valence-corrected chi connectivity index (χ0v) is 29.7. The lowest BCUT2D eigenvalue weighted by Crippen LogP contribution is -2.40. The monoisotopic (exact) mass is 806 g/mol. The largest absolute Gasteiger partial charge is 0.491 e. The molecule has 4 aromatic rings. The van der Waals surface area contributed by atoms with Gasteiger partial charge in [0.2, 0.25) is 0 Å². The van der Waals surface area contributed by atoms with Crippen molar-refractivity contribution in [3.8, 4) is 11.5 Å². The van der Waals surface area contributed by atoms with E-state index in [-0.39, 0.29) is 18.3 Å². The average molecular weight is 808 g/mol. The summed E-state index contributed by atoms with van der Waals surface area (Å²) in [6.45, 7) is 7.90. The van der Waals surface area contributed by atoms with Gasteiger partial charge in [0.25, 0.3) is 5.56 Å². The summed E-state index contributed by atoms with van der Waals surface area (Å²) in [5, 5.41) is 0.654. The minimum atomic E-state index is -0.786. The highest BCUT2D eigenvalue weighted by atomic mass is 127. The van der Waals surface area contributed by atoms with E-state index in [1.165, 1.54) is 11.3 Å². The summed E-state index contributed by atoms with van der Waals surface area (Å²) in [6, 6.07) is 18.0. The number of nitrogens with zero attached hydrogens (tertiary/aromatic N) is 2. The molecule has 0 amide bonds. The van der Waals surface area contributed by atoms with Gasteiger partial charge in [-0.25, -0.2) is 9.79 Å². The van der Waals surface area contributed by atoms with Crippen LogP contribution in [0.5, 0.6) is 11.5 Å². The number of thiazole rings is 1. The van der Waals surface area contributed by atoms with Crippen LogP contribution in [-0.4, -0.2) is 23.2 Å². The van der Waals surface area contributed by atoms with E-state index in [0.717, 1.165) is 19.2 Å². The Morgan fingerprint density at radius 1 is 1.18 bits per heavy atom. The molecule has 3 aromatic carbocycles. The van der Waals surface area contributed by atoms with Crippen molar-refractivity contribution < 1.29 is 19.0 Å². The van der Waals surface area contributed by atoms with Crippen LogP contribution in [0.4, 0.5) is 0 Å². The molecule has 1 atom stereocenters. The SMILES string of the molecule is CCOC(=O)C1=C(C)N=c2s/c(=C\c3cc(Br)cc(I)c3OCc3ccc(Cl)cc3)c(=O)n2[C@@H]1c1ccccc1OC(C)C. The lowest BCUT2D eigenvalue weighted by molar-refractivity contribution is -0.139. The van der Waals surface area contributed by atoms with Gasteiger partial charge in [0, 0.05) is 20.6 Å². The van der Waals surface area contributed by atoms with Crippen LogP contribution in [0.2, 0.25) is 5.02 Å². The maximum absolute atomic E-state index is 14.3. The third-order valence-corrected chi connectivity index (χ3v) is 9.21. The molecule has 7 nitrogen and oxygen atoms in total. The van der Waals surface area contributed by atoms with Crippen LogP contribution in [-0.2, 0) is 16.1 Å². The summed E-state index contributed by atoms with van der Waals surface area (Å²) in [4.78, 5) is 32.8. The Morgan fingerprint density at radius 3 is 2.61 bits per heavy atom. The van der Waals surface area contributed by atoms with Gasteiger partial charge >= 0.3 is 5.97 Å². The third kappa shape index (κ3) is 6.98. The van der Waals surface area contributed by atoms with Gasteiger partial charge in [-0.2, -0.15) is 0 Å². The van der Waals surface area contributed by atoms with E-state index in [9.17, 15) is 9.59 Å². The fraction of sp³-hybridized carbons (Fsp3) is 0.242. The van der Waals surface area contributed by atoms with E-state index in [1.807, 2.05) is 80.6 Å². The molecule has 11 heteroatoms. The zero-order valence-electron chi connectivity index (χ0n) is 24.4. The molecule has 2 heterocycles. The highest BCUT2D eigenvalue weighted by Crippen LogP contribution is 2.36. The van der Waals surface area contributed by atoms with Crippen LogP contribution >= 0.6 is 61.5 Å². The Labute approximate surface area is 286 Å². The molecule has 5 rings (SSSR count). The van der Waals surface area contributed by atoms with Crippen LogP contribution in [0.3, 0.4) is 0 Å². The number of hydrogen-bond acceptors (Lipinski definition) is 7. The highest BCUT2D eigenvalue weighted by molar-refractivity contribution is 14.1. The predicted molar refractivity (Wildman–Crippen MR) is 185 cm³/mol. The Kier molecular flexibility index (Phi) is 10.3. The topological polar surface area (TPSA) is 79.1 Å². The lowest BCUT2D eigenvalue weighted by Gasteiger charge is -2.26. The summed E-state index contributed by atoms with van der Waals surface area (Å²) in [6.07, 6.45) is 1.69. The van der Waals surface area contributed by atoms with Crippen molar-refractivity contribution in [3.63, 3.8) is 0 Å². The molecule has 0 radical (unpaired) electrons. The van der Waals surface area contributed by atoms with Gasteiger partial charge in [0.05, 0.1) is 32.1 Å². The van der Waals surface area contributed by atoms with Crippen LogP contribution in [0.1, 0.15) is 50.4 Å². The third-order valence-electron chi connectivity index (χ3n) is 6.71. The number of carbonyl (C=O) groups is 1. The summed E-state index contributed by atoms with van der Waals surface area (Å²) in [5.74, 6) is 0.704. The van der Waals surface area contributed by atoms with Gasteiger partial charge in [0.1, 0.15) is 24.1 Å². The Balaban J connectivity index is 1.67. The quantitative estimate of drug-likeness (QED) is 0.132. The van der Waals surface area contributed by atoms with Crippen LogP contribution in [0.25, 0.3) is 6.08 Å². The first-order valence-electron chi connectivity index (χ1n) is 13.9. The molecule has 0 fully saturated rings. The average Bonchev–Trinajstić information content (AvgIpc) is 3.26. The number of para-hydroxylation sites is 1. The summed E-state index contributed by atoms with van der Waals surface area (Å²) >= 11 is 13.1. The fourth-order valence-corrected chi connectivity index (χ4v) is 7.74. The van der Waals surface area contributed by atoms with Crippen molar-refractivity contribution in [3.05, 3.63) is 121 Å². The molecule has 1 aliphatic rings. The number of halogens is 3. The van der Waals surface area contributed by atoms with Gasteiger partial charge in [-0.15, -0.1) is 0 Å². The van der Waals surface area contributed by atoms with E-state index in [1.54, 1.807) is 18.4 Å². The van der Waals surface area contributed by atoms with Crippen molar-refractivity contribution in [2.24, 2.45) is 4.99 Å². The van der Waals surface area contributed by atoms with Gasteiger partial charge in [-0.3, -0.25) is 9.36 Å². The second kappa shape index (κ2) is 14.0. The predicted octanol–water partition coefficient (Wildman–Crippen LogP) is 7.19. The molecule has 228 valence electrons. The molecule has 0 N–H and O–H groups in total. The molecular formula is C33H29BrClIN2O5S. The van der Waals surface area contributed by atoms with Gasteiger partial charge in [0.15, 0.2) is 4.80 Å². The second-order valence-electron chi connectivity index (χ2n) is 10.2. The summed E-state index contributed by atoms with van der Waals surface area (Å²) in [5.41, 5.74) is 2.87. The van der Waals surface area contributed by atoms with Crippen LogP contribution in [0, 0.1) is 3.57 Å². The van der Waals surface area contributed by atoms with E-state index in [4.69, 9.17) is 30.8 Å². The van der Waals surface area contributed by atoms with Crippen molar-refractivity contribution in [1.82, 2.24) is 4.57 Å². The first-order chi connectivity index (χ1) is 21.1. The number of allylic oxidation sites excluding steroid dienone is 1. The molecule has 0 bridgehead atoms. The van der Waals surface area contributed by atoms with Gasteiger partial charge < -0.3 is 14.2 Å². The number of hydrogen-bond donors (Lipinski definition) is 0. The van der Waals surface area contributed by atoms with Gasteiger partial charge in [-0.1, -0.05) is 69.2 Å². The Morgan fingerprint density at radius 2 is 1.91 bits per heavy atom. The molecule has 44 heavy (non-hydrogen) atoms. The molecule has 0 saturated carbocycles. The minimum absolute atomic E-state index is 0.117. The van der Waals surface area contributed by atoms with Crippen molar-refractivity contribution in [2.75, 3.05) is 6.61 Å². The lowest BCUT2D eigenvalue weighted by atomic mass is 9.95. The number of ether oxygens (including phenoxy) is 3. The van der Waals surface area contributed by atoms with E-state index in [0.29, 0.717) is 49.3 Å². The first kappa shape index (κ1) is 32.5. The summed E-state index contributed by atoms with van der Waals surface area (Å²) in [7, 11) is 0. The summed E-state index contributed by atoms with van der Waals surface area (Å²) < 4.78 is 21.6. The fourth-order valence-electron chi connectivity index (χ4n) is 4.87. The Hall–Kier alpha value is -2.93. The molecule has 0 spiro atoms. The van der Waals surface area contributed by atoms with Gasteiger partial charge in [-0.05, 0) is 92.3 Å². The number of aromatic nitrogens is 1. The molecule has 1 aromatic heterocycles. The number of carbonyl (C=O) groups excluding carboxylic acids is 1. The minimum Gasteiger partial charge on any atom is -0.491 e. The van der Waals surface area contributed by atoms with Crippen molar-refractivity contribution in [1.29, 1.82) is 0 Å². The smallest absolute Gasteiger partial charge is 0.338 e. The number of fused-ring (bicyclic) bond motifs is 1. The molecule has 0 saturated heterocycles. The maximum Gasteiger partial charge on any atom is 0.338 e. The van der Waals surface area contributed by atoms with Crippen LogP contribution in [0.15, 0.2) is 86.2 Å². The normalized spacial score (nSPS) is 14.8. The van der Waals surface area contributed by atoms with E-state index < -0.39 is 12.0 Å². The number of esters is 1. The van der Waals surface area contributed by atoms with Crippen molar-refractivity contribution in [2.45, 2.75) is 46.4 Å². The zero-order chi connectivity index (χ0) is 31.5. The van der Waals surface area contributed by atoms with Crippen LogP contribution < -0.4 is 24.4 Å². The molecular weight excluding hydrogens is 779 g/mol. The standard InChI is InChI=1S/C33H29BrClIN2O5S/c1-5-41-32(40)28-19(4)37-33-38(29(28)24-8-6-7-9-26(24)43-18(2)3)31(39)27(44-33)15-21-14-22(34)16-25(36)30(21)42-17-20-10-12-23(35)13-11-20/h6-16,18,29H,5,17H2,1-4H3/b27-15-/t29-/m1/s1. The molecule has 1 aliphatic heterocycles. The van der Waals surface area contributed by atoms with E-state index >= 15 is 0 Å². The van der Waals surface area contributed by atoms with Crippen molar-refractivity contribution >= 4 is 73.5 Å².